The zero-order valence-corrected chi connectivity index (χ0v) is 10.6. The number of hydrogen-bond donors (Lipinski definition) is 1. The largest absolute Gasteiger partial charge is 0.334 e. The lowest BCUT2D eigenvalue weighted by Gasteiger charge is -2.24. The molecule has 0 radical (unpaired) electrons. The first-order valence-corrected chi connectivity index (χ1v) is 6.29. The predicted molar refractivity (Wildman–Crippen MR) is 65.4 cm³/mol. The molecule has 86 valence electrons. The van der Waals surface area contributed by atoms with Gasteiger partial charge in [0.25, 0.3) is 5.91 Å². The van der Waals surface area contributed by atoms with Crippen LogP contribution < -0.4 is 5.32 Å². The summed E-state index contributed by atoms with van der Waals surface area (Å²) in [7, 11) is 0. The summed E-state index contributed by atoms with van der Waals surface area (Å²) in [4.78, 5) is 12.0. The van der Waals surface area contributed by atoms with Crippen LogP contribution in [0.1, 0.15) is 42.6 Å². The van der Waals surface area contributed by atoms with Gasteiger partial charge in [0.2, 0.25) is 0 Å². The first-order valence-electron chi connectivity index (χ1n) is 5.35. The molecule has 0 aromatic carbocycles. The second-order valence-electron chi connectivity index (χ2n) is 3.82. The number of thiophene rings is 1. The van der Waals surface area contributed by atoms with Gasteiger partial charge in [0.15, 0.2) is 0 Å². The standard InChI is InChI=1S/C12H16N2OS/c1-4-12(5-2,8-13)14-11(15)10-7-16-6-9(10)3/h6-7H,4-5H2,1-3H3,(H,14,15). The van der Waals surface area contributed by atoms with Crippen LogP contribution in [0.15, 0.2) is 10.8 Å². The molecular weight excluding hydrogens is 220 g/mol. The van der Waals surface area contributed by atoms with E-state index >= 15 is 0 Å². The van der Waals surface area contributed by atoms with Gasteiger partial charge in [0.1, 0.15) is 5.54 Å². The molecule has 3 nitrogen and oxygen atoms in total. The quantitative estimate of drug-likeness (QED) is 0.874. The van der Waals surface area contributed by atoms with Crippen molar-refractivity contribution in [3.8, 4) is 6.07 Å². The van der Waals surface area contributed by atoms with Crippen LogP contribution in [-0.2, 0) is 0 Å². The Balaban J connectivity index is 2.86. The predicted octanol–water partition coefficient (Wildman–Crippen LogP) is 2.87. The maximum atomic E-state index is 12.0. The van der Waals surface area contributed by atoms with Crippen LogP contribution in [0.2, 0.25) is 0 Å². The lowest BCUT2D eigenvalue weighted by atomic mass is 9.94. The molecule has 1 heterocycles. The third kappa shape index (κ3) is 2.42. The monoisotopic (exact) mass is 236 g/mol. The number of nitrogens with one attached hydrogen (secondary N) is 1. The Labute approximate surface area is 100 Å². The second kappa shape index (κ2) is 5.13. The molecule has 1 N–H and O–H groups in total. The van der Waals surface area contributed by atoms with E-state index < -0.39 is 5.54 Å². The third-order valence-electron chi connectivity index (χ3n) is 2.87. The van der Waals surface area contributed by atoms with Crippen LogP contribution >= 0.6 is 11.3 Å². The normalized spacial score (nSPS) is 10.9. The molecule has 0 atom stereocenters. The van der Waals surface area contributed by atoms with E-state index in [-0.39, 0.29) is 5.91 Å². The van der Waals surface area contributed by atoms with Crippen LogP contribution in [0.4, 0.5) is 0 Å². The highest BCUT2D eigenvalue weighted by molar-refractivity contribution is 7.08. The number of amides is 1. The van der Waals surface area contributed by atoms with Crippen molar-refractivity contribution in [2.24, 2.45) is 0 Å². The molecule has 0 aliphatic rings. The number of carbonyl (C=O) groups excluding carboxylic acids is 1. The fourth-order valence-corrected chi connectivity index (χ4v) is 2.32. The van der Waals surface area contributed by atoms with Crippen molar-refractivity contribution >= 4 is 17.2 Å². The fourth-order valence-electron chi connectivity index (χ4n) is 1.49. The van der Waals surface area contributed by atoms with Crippen LogP contribution in [0.3, 0.4) is 0 Å². The molecule has 0 saturated carbocycles. The van der Waals surface area contributed by atoms with Crippen molar-refractivity contribution in [2.75, 3.05) is 0 Å². The van der Waals surface area contributed by atoms with Gasteiger partial charge >= 0.3 is 0 Å². The Hall–Kier alpha value is -1.34. The van der Waals surface area contributed by atoms with E-state index in [1.54, 1.807) is 0 Å². The molecular formula is C12H16N2OS. The molecule has 0 aliphatic carbocycles. The molecule has 4 heteroatoms. The first kappa shape index (κ1) is 12.7. The molecule has 1 aromatic rings. The van der Waals surface area contributed by atoms with Gasteiger partial charge in [-0.1, -0.05) is 13.8 Å². The molecule has 1 rings (SSSR count). The molecule has 0 fully saturated rings. The van der Waals surface area contributed by atoms with E-state index in [1.165, 1.54) is 11.3 Å². The van der Waals surface area contributed by atoms with Crippen LogP contribution in [-0.4, -0.2) is 11.4 Å². The molecule has 0 saturated heterocycles. The third-order valence-corrected chi connectivity index (χ3v) is 3.74. The van der Waals surface area contributed by atoms with Gasteiger partial charge in [-0.2, -0.15) is 16.6 Å². The Kier molecular flexibility index (Phi) is 4.08. The topological polar surface area (TPSA) is 52.9 Å². The highest BCUT2D eigenvalue weighted by Crippen LogP contribution is 2.18. The summed E-state index contributed by atoms with van der Waals surface area (Å²) >= 11 is 1.50. The second-order valence-corrected chi connectivity index (χ2v) is 4.57. The van der Waals surface area contributed by atoms with Gasteiger partial charge < -0.3 is 5.32 Å². The zero-order chi connectivity index (χ0) is 12.2. The maximum absolute atomic E-state index is 12.0. The van der Waals surface area contributed by atoms with Crippen molar-refractivity contribution in [1.82, 2.24) is 5.32 Å². The number of hydrogen-bond acceptors (Lipinski definition) is 3. The Morgan fingerprint density at radius 1 is 1.50 bits per heavy atom. The smallest absolute Gasteiger partial charge is 0.253 e. The number of carbonyl (C=O) groups is 1. The van der Waals surface area contributed by atoms with Crippen molar-refractivity contribution < 1.29 is 4.79 Å². The van der Waals surface area contributed by atoms with E-state index in [4.69, 9.17) is 5.26 Å². The molecule has 1 aromatic heterocycles. The van der Waals surface area contributed by atoms with E-state index in [0.717, 1.165) is 5.56 Å². The highest BCUT2D eigenvalue weighted by atomic mass is 32.1. The minimum absolute atomic E-state index is 0.149. The lowest BCUT2D eigenvalue weighted by molar-refractivity contribution is 0.0915. The number of aryl methyl sites for hydroxylation is 1. The molecule has 16 heavy (non-hydrogen) atoms. The van der Waals surface area contributed by atoms with Gasteiger partial charge in [0, 0.05) is 5.38 Å². The summed E-state index contributed by atoms with van der Waals surface area (Å²) in [6.45, 7) is 5.72. The average molecular weight is 236 g/mol. The summed E-state index contributed by atoms with van der Waals surface area (Å²) in [5, 5.41) is 15.7. The van der Waals surface area contributed by atoms with Crippen molar-refractivity contribution in [1.29, 1.82) is 5.26 Å². The van der Waals surface area contributed by atoms with Crippen LogP contribution in [0.25, 0.3) is 0 Å². The van der Waals surface area contributed by atoms with Gasteiger partial charge in [0.05, 0.1) is 11.6 Å². The molecule has 1 amide bonds. The van der Waals surface area contributed by atoms with E-state index in [1.807, 2.05) is 31.5 Å². The summed E-state index contributed by atoms with van der Waals surface area (Å²) in [5.41, 5.74) is 0.902. The first-order chi connectivity index (χ1) is 7.58. The Bertz CT molecular complexity index is 413. The molecule has 0 unspecified atom stereocenters. The SMILES string of the molecule is CCC(C#N)(CC)NC(=O)c1cscc1C. The van der Waals surface area contributed by atoms with Crippen molar-refractivity contribution in [3.05, 3.63) is 21.9 Å². The van der Waals surface area contributed by atoms with Crippen LogP contribution in [0.5, 0.6) is 0 Å². The molecule has 0 spiro atoms. The summed E-state index contributed by atoms with van der Waals surface area (Å²) < 4.78 is 0. The summed E-state index contributed by atoms with van der Waals surface area (Å²) in [5.74, 6) is -0.149. The Morgan fingerprint density at radius 3 is 2.50 bits per heavy atom. The minimum Gasteiger partial charge on any atom is -0.334 e. The van der Waals surface area contributed by atoms with E-state index in [9.17, 15) is 4.79 Å². The zero-order valence-electron chi connectivity index (χ0n) is 9.83. The van der Waals surface area contributed by atoms with E-state index in [2.05, 4.69) is 11.4 Å². The molecule has 0 bridgehead atoms. The summed E-state index contributed by atoms with van der Waals surface area (Å²) in [6, 6.07) is 2.20. The average Bonchev–Trinajstić information content (AvgIpc) is 2.72. The minimum atomic E-state index is -0.731. The Morgan fingerprint density at radius 2 is 2.12 bits per heavy atom. The van der Waals surface area contributed by atoms with Crippen molar-refractivity contribution in [2.45, 2.75) is 39.2 Å². The highest BCUT2D eigenvalue weighted by Gasteiger charge is 2.28. The number of nitriles is 1. The summed E-state index contributed by atoms with van der Waals surface area (Å²) in [6.07, 6.45) is 1.24. The van der Waals surface area contributed by atoms with E-state index in [0.29, 0.717) is 18.4 Å². The van der Waals surface area contributed by atoms with Gasteiger partial charge in [-0.25, -0.2) is 0 Å². The number of rotatable bonds is 4. The van der Waals surface area contributed by atoms with Gasteiger partial charge in [-0.3, -0.25) is 4.79 Å². The van der Waals surface area contributed by atoms with Crippen molar-refractivity contribution in [3.63, 3.8) is 0 Å². The maximum Gasteiger partial charge on any atom is 0.253 e. The number of nitrogens with zero attached hydrogens (tertiary/aromatic N) is 1. The fraction of sp³-hybridized carbons (Fsp3) is 0.500. The lowest BCUT2D eigenvalue weighted by Crippen LogP contribution is -2.46. The van der Waals surface area contributed by atoms with Crippen LogP contribution in [0, 0.1) is 18.3 Å². The van der Waals surface area contributed by atoms with Gasteiger partial charge in [-0.05, 0) is 30.7 Å². The molecule has 0 aliphatic heterocycles. The van der Waals surface area contributed by atoms with Gasteiger partial charge in [-0.15, -0.1) is 0 Å².